The zero-order valence-electron chi connectivity index (χ0n) is 6.40. The van der Waals surface area contributed by atoms with E-state index in [9.17, 15) is 0 Å². The van der Waals surface area contributed by atoms with Gasteiger partial charge in [-0.2, -0.15) is 0 Å². The van der Waals surface area contributed by atoms with Crippen LogP contribution >= 0.6 is 7.82 Å². The van der Waals surface area contributed by atoms with Crippen LogP contribution in [-0.2, 0) is 4.57 Å². The number of rotatable bonds is 0. The van der Waals surface area contributed by atoms with Crippen molar-refractivity contribution in [1.29, 1.82) is 0 Å². The van der Waals surface area contributed by atoms with E-state index in [2.05, 4.69) is 0 Å². The molecule has 1 aromatic carbocycles. The molecule has 1 aromatic rings. The summed E-state index contributed by atoms with van der Waals surface area (Å²) >= 11 is 0. The molecule has 74 valence electrons. The minimum Gasteiger partial charge on any atom is -0.504 e. The van der Waals surface area contributed by atoms with Crippen LogP contribution in [0, 0.1) is 0 Å². The summed E-state index contributed by atoms with van der Waals surface area (Å²) < 4.78 is 8.88. The lowest BCUT2D eigenvalue weighted by Crippen LogP contribution is -1.66. The molecule has 0 aliphatic rings. The molecule has 0 saturated carbocycles. The molecule has 7 heteroatoms. The van der Waals surface area contributed by atoms with E-state index in [4.69, 9.17) is 29.5 Å². The third-order valence-corrected chi connectivity index (χ3v) is 0.882. The molecule has 0 radical (unpaired) electrons. The van der Waals surface area contributed by atoms with Crippen molar-refractivity contribution >= 4 is 7.82 Å². The average Bonchev–Trinajstić information content (AvgIpc) is 1.92. The number of phenols is 2. The Morgan fingerprint density at radius 3 is 1.31 bits per heavy atom. The van der Waals surface area contributed by atoms with Gasteiger partial charge in [0.05, 0.1) is 0 Å². The quantitative estimate of drug-likeness (QED) is 0.306. The largest absolute Gasteiger partial charge is 0.504 e. The first-order valence-corrected chi connectivity index (χ1v) is 4.62. The van der Waals surface area contributed by atoms with Gasteiger partial charge < -0.3 is 24.9 Å². The van der Waals surface area contributed by atoms with Crippen LogP contribution in [0.2, 0.25) is 0 Å². The second-order valence-electron chi connectivity index (χ2n) is 2.00. The number of phosphoric acid groups is 1. The Bertz CT molecular complexity index is 276. The van der Waals surface area contributed by atoms with Gasteiger partial charge in [-0.25, -0.2) is 4.57 Å². The predicted molar refractivity (Wildman–Crippen MR) is 44.0 cm³/mol. The molecule has 0 atom stereocenters. The Balaban J connectivity index is 0.000000252. The van der Waals surface area contributed by atoms with Crippen molar-refractivity contribution in [3.05, 3.63) is 24.3 Å². The minimum absolute atomic E-state index is 0.0764. The molecule has 0 aliphatic heterocycles. The molecule has 0 fully saturated rings. The summed E-state index contributed by atoms with van der Waals surface area (Å²) in [6.07, 6.45) is 0. The third-order valence-electron chi connectivity index (χ3n) is 0.882. The highest BCUT2D eigenvalue weighted by atomic mass is 31.2. The standard InChI is InChI=1S/C6H6O2.H3O4P/c7-5-3-1-2-4-6(5)8;1-5(2,3)4/h1-4,7-8H;(H3,1,2,3,4). The maximum Gasteiger partial charge on any atom is 0.466 e. The fourth-order valence-electron chi connectivity index (χ4n) is 0.464. The summed E-state index contributed by atoms with van der Waals surface area (Å²) in [7, 11) is -4.64. The van der Waals surface area contributed by atoms with E-state index in [1.807, 2.05) is 0 Å². The smallest absolute Gasteiger partial charge is 0.466 e. The van der Waals surface area contributed by atoms with Crippen molar-refractivity contribution in [2.45, 2.75) is 0 Å². The van der Waals surface area contributed by atoms with Crippen LogP contribution in [0.5, 0.6) is 11.5 Å². The van der Waals surface area contributed by atoms with Gasteiger partial charge in [0.15, 0.2) is 11.5 Å². The normalized spacial score (nSPS) is 10.1. The van der Waals surface area contributed by atoms with Gasteiger partial charge in [0.25, 0.3) is 0 Å². The molecule has 5 N–H and O–H groups in total. The van der Waals surface area contributed by atoms with E-state index in [-0.39, 0.29) is 11.5 Å². The van der Waals surface area contributed by atoms with Crippen molar-refractivity contribution in [3.8, 4) is 11.5 Å². The maximum atomic E-state index is 8.88. The fraction of sp³-hybridized carbons (Fsp3) is 0. The molecule has 6 nitrogen and oxygen atoms in total. The van der Waals surface area contributed by atoms with Crippen molar-refractivity contribution in [3.63, 3.8) is 0 Å². The number of hydrogen-bond acceptors (Lipinski definition) is 3. The topological polar surface area (TPSA) is 118 Å². The molecule has 0 spiro atoms. The Morgan fingerprint density at radius 1 is 0.923 bits per heavy atom. The lowest BCUT2D eigenvalue weighted by molar-refractivity contribution is 0.275. The molecule has 0 unspecified atom stereocenters. The molecule has 0 aromatic heterocycles. The second-order valence-corrected chi connectivity index (χ2v) is 3.03. The second kappa shape index (κ2) is 4.84. The van der Waals surface area contributed by atoms with Gasteiger partial charge in [0.1, 0.15) is 0 Å². The molecular weight excluding hydrogens is 199 g/mol. The Kier molecular flexibility index (Phi) is 4.44. The minimum atomic E-state index is -4.64. The molecular formula is C6H9O6P. The number of benzene rings is 1. The molecule has 0 saturated heterocycles. The summed E-state index contributed by atoms with van der Waals surface area (Å²) in [6, 6.07) is 6.15. The number of phenolic OH excluding ortho intramolecular Hbond substituents is 2. The van der Waals surface area contributed by atoms with Crippen LogP contribution in [0.1, 0.15) is 0 Å². The summed E-state index contributed by atoms with van der Waals surface area (Å²) in [4.78, 5) is 21.6. The Labute approximate surface area is 74.0 Å². The molecule has 0 heterocycles. The van der Waals surface area contributed by atoms with Crippen LogP contribution in [0.15, 0.2) is 24.3 Å². The first kappa shape index (κ1) is 11.9. The lowest BCUT2D eigenvalue weighted by atomic mass is 10.3. The van der Waals surface area contributed by atoms with Crippen LogP contribution in [0.3, 0.4) is 0 Å². The van der Waals surface area contributed by atoms with Crippen LogP contribution < -0.4 is 0 Å². The number of aromatic hydroxyl groups is 2. The number of hydrogen-bond donors (Lipinski definition) is 5. The summed E-state index contributed by atoms with van der Waals surface area (Å²) in [5, 5.41) is 17.3. The van der Waals surface area contributed by atoms with Crippen molar-refractivity contribution in [2.24, 2.45) is 0 Å². The predicted octanol–water partition coefficient (Wildman–Crippen LogP) is 0.169. The van der Waals surface area contributed by atoms with Gasteiger partial charge in [0, 0.05) is 0 Å². The van der Waals surface area contributed by atoms with E-state index in [1.54, 1.807) is 12.1 Å². The molecule has 0 aliphatic carbocycles. The summed E-state index contributed by atoms with van der Waals surface area (Å²) in [5.74, 6) is -0.153. The van der Waals surface area contributed by atoms with Crippen molar-refractivity contribution in [2.75, 3.05) is 0 Å². The lowest BCUT2D eigenvalue weighted by Gasteiger charge is -1.91. The van der Waals surface area contributed by atoms with E-state index in [0.717, 1.165) is 0 Å². The highest BCUT2D eigenvalue weighted by Gasteiger charge is 2.00. The summed E-state index contributed by atoms with van der Waals surface area (Å²) in [6.45, 7) is 0. The van der Waals surface area contributed by atoms with E-state index < -0.39 is 7.82 Å². The Hall–Kier alpha value is -1.07. The highest BCUT2D eigenvalue weighted by Crippen LogP contribution is 2.25. The fourth-order valence-corrected chi connectivity index (χ4v) is 0.464. The number of para-hydroxylation sites is 2. The van der Waals surface area contributed by atoms with E-state index >= 15 is 0 Å². The maximum absolute atomic E-state index is 8.88. The highest BCUT2D eigenvalue weighted by molar-refractivity contribution is 7.45. The van der Waals surface area contributed by atoms with E-state index in [1.165, 1.54) is 12.1 Å². The van der Waals surface area contributed by atoms with Gasteiger partial charge in [-0.15, -0.1) is 0 Å². The first-order valence-electron chi connectivity index (χ1n) is 3.06. The first-order chi connectivity index (χ1) is 5.80. The molecule has 1 rings (SSSR count). The Morgan fingerprint density at radius 2 is 1.15 bits per heavy atom. The van der Waals surface area contributed by atoms with Gasteiger partial charge in [-0.3, -0.25) is 0 Å². The zero-order valence-corrected chi connectivity index (χ0v) is 7.30. The SMILES string of the molecule is O=P(O)(O)O.Oc1ccccc1O. The van der Waals surface area contributed by atoms with E-state index in [0.29, 0.717) is 0 Å². The van der Waals surface area contributed by atoms with Crippen molar-refractivity contribution < 1.29 is 29.5 Å². The molecule has 0 bridgehead atoms. The molecule has 0 amide bonds. The van der Waals surface area contributed by atoms with Crippen LogP contribution in [0.4, 0.5) is 0 Å². The molecule has 13 heavy (non-hydrogen) atoms. The zero-order chi connectivity index (χ0) is 10.5. The summed E-state index contributed by atoms with van der Waals surface area (Å²) in [5.41, 5.74) is 0. The van der Waals surface area contributed by atoms with Gasteiger partial charge in [-0.05, 0) is 12.1 Å². The third kappa shape index (κ3) is 8.84. The van der Waals surface area contributed by atoms with Crippen LogP contribution in [-0.4, -0.2) is 24.9 Å². The van der Waals surface area contributed by atoms with Crippen molar-refractivity contribution in [1.82, 2.24) is 0 Å². The van der Waals surface area contributed by atoms with Crippen LogP contribution in [0.25, 0.3) is 0 Å². The van der Waals surface area contributed by atoms with Gasteiger partial charge in [0.2, 0.25) is 0 Å². The monoisotopic (exact) mass is 208 g/mol. The van der Waals surface area contributed by atoms with Gasteiger partial charge in [-0.1, -0.05) is 12.1 Å². The van der Waals surface area contributed by atoms with Gasteiger partial charge >= 0.3 is 7.82 Å². The average molecular weight is 208 g/mol.